The minimum atomic E-state index is -0.234. The van der Waals surface area contributed by atoms with Gasteiger partial charge in [-0.15, -0.1) is 10.2 Å². The maximum atomic E-state index is 12.5. The van der Waals surface area contributed by atoms with Gasteiger partial charge in [0.1, 0.15) is 0 Å². The van der Waals surface area contributed by atoms with Crippen LogP contribution in [0, 0.1) is 0 Å². The summed E-state index contributed by atoms with van der Waals surface area (Å²) in [5, 5.41) is 12.4. The lowest BCUT2D eigenvalue weighted by atomic mass is 10.1. The highest BCUT2D eigenvalue weighted by molar-refractivity contribution is 8.00. The SMILES string of the molecule is C[C@H](Sc1nnc(-c2ccncc2)n1C1CC1)C(=O)NCCc1ccccc1. The van der Waals surface area contributed by atoms with E-state index in [0.717, 1.165) is 35.8 Å². The smallest absolute Gasteiger partial charge is 0.233 e. The summed E-state index contributed by atoms with van der Waals surface area (Å²) in [4.78, 5) is 16.6. The Kier molecular flexibility index (Phi) is 5.71. The highest BCUT2D eigenvalue weighted by atomic mass is 32.2. The van der Waals surface area contributed by atoms with E-state index in [1.165, 1.54) is 17.3 Å². The van der Waals surface area contributed by atoms with Crippen LogP contribution in [0.1, 0.15) is 31.4 Å². The van der Waals surface area contributed by atoms with Crippen LogP contribution in [0.2, 0.25) is 0 Å². The molecule has 0 bridgehead atoms. The van der Waals surface area contributed by atoms with Crippen molar-refractivity contribution in [3.8, 4) is 11.4 Å². The second-order valence-corrected chi connectivity index (χ2v) is 8.24. The van der Waals surface area contributed by atoms with Crippen molar-refractivity contribution >= 4 is 17.7 Å². The monoisotopic (exact) mass is 393 g/mol. The zero-order valence-corrected chi connectivity index (χ0v) is 16.6. The molecule has 1 N–H and O–H groups in total. The summed E-state index contributed by atoms with van der Waals surface area (Å²) >= 11 is 1.47. The molecule has 4 rings (SSSR count). The molecule has 1 amide bonds. The van der Waals surface area contributed by atoms with Crippen LogP contribution in [0.15, 0.2) is 60.0 Å². The summed E-state index contributed by atoms with van der Waals surface area (Å²) in [5.41, 5.74) is 2.22. The third-order valence-electron chi connectivity index (χ3n) is 4.72. The Morgan fingerprint density at radius 1 is 1.18 bits per heavy atom. The number of hydrogen-bond acceptors (Lipinski definition) is 5. The van der Waals surface area contributed by atoms with Gasteiger partial charge in [-0.3, -0.25) is 14.3 Å². The number of nitrogens with one attached hydrogen (secondary N) is 1. The Morgan fingerprint density at radius 3 is 2.64 bits per heavy atom. The Bertz CT molecular complexity index is 924. The number of nitrogens with zero attached hydrogens (tertiary/aromatic N) is 4. The van der Waals surface area contributed by atoms with E-state index in [2.05, 4.69) is 37.2 Å². The summed E-state index contributed by atoms with van der Waals surface area (Å²) in [6.07, 6.45) is 6.60. The number of rotatable bonds is 8. The third-order valence-corrected chi connectivity index (χ3v) is 5.78. The predicted molar refractivity (Wildman–Crippen MR) is 110 cm³/mol. The molecule has 1 aliphatic rings. The first-order valence-corrected chi connectivity index (χ1v) is 10.4. The van der Waals surface area contributed by atoms with E-state index in [1.807, 2.05) is 37.3 Å². The van der Waals surface area contributed by atoms with Gasteiger partial charge < -0.3 is 5.32 Å². The fourth-order valence-corrected chi connectivity index (χ4v) is 3.99. The molecule has 0 saturated heterocycles. The van der Waals surface area contributed by atoms with Crippen molar-refractivity contribution in [2.45, 2.75) is 42.6 Å². The lowest BCUT2D eigenvalue weighted by Crippen LogP contribution is -2.32. The maximum absolute atomic E-state index is 12.5. The Morgan fingerprint density at radius 2 is 1.93 bits per heavy atom. The molecular weight excluding hydrogens is 370 g/mol. The van der Waals surface area contributed by atoms with E-state index in [0.29, 0.717) is 12.6 Å². The third kappa shape index (κ3) is 4.42. The van der Waals surface area contributed by atoms with Gasteiger partial charge in [0.05, 0.1) is 5.25 Å². The van der Waals surface area contributed by atoms with Crippen LogP contribution in [0.4, 0.5) is 0 Å². The highest BCUT2D eigenvalue weighted by Crippen LogP contribution is 2.41. The Labute approximate surface area is 168 Å². The zero-order chi connectivity index (χ0) is 19.3. The standard InChI is InChI=1S/C21H23N5OS/c1-15(20(27)23-14-9-16-5-3-2-4-6-16)28-21-25-24-19(26(21)18-7-8-18)17-10-12-22-13-11-17/h2-6,10-13,15,18H,7-9,14H2,1H3,(H,23,27)/t15-/m0/s1. The summed E-state index contributed by atoms with van der Waals surface area (Å²) in [7, 11) is 0. The van der Waals surface area contributed by atoms with E-state index >= 15 is 0 Å². The number of hydrogen-bond donors (Lipinski definition) is 1. The van der Waals surface area contributed by atoms with Crippen LogP contribution in [-0.4, -0.2) is 37.5 Å². The number of thioether (sulfide) groups is 1. The van der Waals surface area contributed by atoms with Crippen molar-refractivity contribution in [1.82, 2.24) is 25.1 Å². The second kappa shape index (κ2) is 8.56. The molecule has 1 aromatic carbocycles. The van der Waals surface area contributed by atoms with Gasteiger partial charge in [-0.1, -0.05) is 42.1 Å². The molecular formula is C21H23N5OS. The lowest BCUT2D eigenvalue weighted by molar-refractivity contribution is -0.120. The van der Waals surface area contributed by atoms with E-state index < -0.39 is 0 Å². The van der Waals surface area contributed by atoms with Crippen LogP contribution in [0.5, 0.6) is 0 Å². The van der Waals surface area contributed by atoms with E-state index in [-0.39, 0.29) is 11.2 Å². The summed E-state index contributed by atoms with van der Waals surface area (Å²) in [5.74, 6) is 0.876. The molecule has 6 nitrogen and oxygen atoms in total. The van der Waals surface area contributed by atoms with Crippen molar-refractivity contribution in [3.05, 3.63) is 60.4 Å². The maximum Gasteiger partial charge on any atom is 0.233 e. The molecule has 1 fully saturated rings. The van der Waals surface area contributed by atoms with Gasteiger partial charge in [0.2, 0.25) is 5.91 Å². The van der Waals surface area contributed by atoms with Gasteiger partial charge in [0.25, 0.3) is 0 Å². The lowest BCUT2D eigenvalue weighted by Gasteiger charge is -2.13. The average Bonchev–Trinajstić information content (AvgIpc) is 3.49. The van der Waals surface area contributed by atoms with Crippen LogP contribution in [-0.2, 0) is 11.2 Å². The average molecular weight is 394 g/mol. The summed E-state index contributed by atoms with van der Waals surface area (Å²) in [6.45, 7) is 2.55. The second-order valence-electron chi connectivity index (χ2n) is 6.93. The van der Waals surface area contributed by atoms with E-state index in [9.17, 15) is 4.79 Å². The fourth-order valence-electron chi connectivity index (χ4n) is 3.05. The number of carbonyl (C=O) groups excluding carboxylic acids is 1. The Hall–Kier alpha value is -2.67. The van der Waals surface area contributed by atoms with Crippen molar-refractivity contribution < 1.29 is 4.79 Å². The molecule has 1 saturated carbocycles. The van der Waals surface area contributed by atoms with Gasteiger partial charge in [0.15, 0.2) is 11.0 Å². The largest absolute Gasteiger partial charge is 0.355 e. The Balaban J connectivity index is 1.39. The molecule has 28 heavy (non-hydrogen) atoms. The van der Waals surface area contributed by atoms with Gasteiger partial charge >= 0.3 is 0 Å². The quantitative estimate of drug-likeness (QED) is 0.593. The molecule has 2 aromatic heterocycles. The van der Waals surface area contributed by atoms with E-state index in [1.54, 1.807) is 12.4 Å². The van der Waals surface area contributed by atoms with Gasteiger partial charge in [-0.2, -0.15) is 0 Å². The normalized spacial score (nSPS) is 14.6. The number of benzene rings is 1. The molecule has 0 spiro atoms. The number of amides is 1. The summed E-state index contributed by atoms with van der Waals surface area (Å²) in [6, 6.07) is 14.5. The van der Waals surface area contributed by atoms with Crippen molar-refractivity contribution in [2.75, 3.05) is 6.54 Å². The van der Waals surface area contributed by atoms with Gasteiger partial charge in [0, 0.05) is 30.5 Å². The highest BCUT2D eigenvalue weighted by Gasteiger charge is 2.31. The molecule has 144 valence electrons. The van der Waals surface area contributed by atoms with Crippen molar-refractivity contribution in [3.63, 3.8) is 0 Å². The number of carbonyl (C=O) groups is 1. The minimum Gasteiger partial charge on any atom is -0.355 e. The number of aromatic nitrogens is 4. The van der Waals surface area contributed by atoms with Crippen molar-refractivity contribution in [1.29, 1.82) is 0 Å². The molecule has 0 unspecified atom stereocenters. The van der Waals surface area contributed by atoms with Crippen molar-refractivity contribution in [2.24, 2.45) is 0 Å². The first-order chi connectivity index (χ1) is 13.7. The molecule has 7 heteroatoms. The fraction of sp³-hybridized carbons (Fsp3) is 0.333. The molecule has 3 aromatic rings. The van der Waals surface area contributed by atoms with E-state index in [4.69, 9.17) is 0 Å². The molecule has 1 atom stereocenters. The van der Waals surface area contributed by atoms with Crippen LogP contribution >= 0.6 is 11.8 Å². The first kappa shape index (κ1) is 18.7. The van der Waals surface area contributed by atoms with Crippen LogP contribution in [0.25, 0.3) is 11.4 Å². The summed E-state index contributed by atoms with van der Waals surface area (Å²) < 4.78 is 2.17. The molecule has 0 aliphatic heterocycles. The molecule has 1 aliphatic carbocycles. The zero-order valence-electron chi connectivity index (χ0n) is 15.8. The minimum absolute atomic E-state index is 0.0248. The predicted octanol–water partition coefficient (Wildman–Crippen LogP) is 3.51. The molecule has 2 heterocycles. The molecule has 0 radical (unpaired) electrons. The first-order valence-electron chi connectivity index (χ1n) is 9.56. The topological polar surface area (TPSA) is 72.7 Å². The van der Waals surface area contributed by atoms with Crippen LogP contribution in [0.3, 0.4) is 0 Å². The van der Waals surface area contributed by atoms with Gasteiger partial charge in [-0.25, -0.2) is 0 Å². The van der Waals surface area contributed by atoms with Gasteiger partial charge in [-0.05, 0) is 43.9 Å². The van der Waals surface area contributed by atoms with Crippen LogP contribution < -0.4 is 5.32 Å². The number of pyridine rings is 1.